The molecule has 0 radical (unpaired) electrons. The normalized spacial score (nSPS) is 13.6. The summed E-state index contributed by atoms with van der Waals surface area (Å²) in [5.41, 5.74) is 3.16. The number of aromatic nitrogens is 3. The maximum absolute atomic E-state index is 13.5. The Bertz CT molecular complexity index is 1320. The molecule has 0 saturated carbocycles. The Morgan fingerprint density at radius 2 is 1.88 bits per heavy atom. The van der Waals surface area contributed by atoms with Crippen LogP contribution in [0.15, 0.2) is 60.9 Å². The van der Waals surface area contributed by atoms with E-state index in [1.807, 2.05) is 24.3 Å². The molecule has 3 heterocycles. The number of hydrogen-bond donors (Lipinski definition) is 1. The van der Waals surface area contributed by atoms with E-state index in [9.17, 15) is 9.18 Å². The van der Waals surface area contributed by atoms with Crippen molar-refractivity contribution in [2.45, 2.75) is 0 Å². The van der Waals surface area contributed by atoms with Crippen LogP contribution in [0.25, 0.3) is 33.4 Å². The summed E-state index contributed by atoms with van der Waals surface area (Å²) >= 11 is 0. The first-order valence-electron chi connectivity index (χ1n) is 10.6. The van der Waals surface area contributed by atoms with Crippen molar-refractivity contribution in [1.29, 1.82) is 0 Å². The van der Waals surface area contributed by atoms with Crippen LogP contribution < -0.4 is 15.0 Å². The second kappa shape index (κ2) is 8.46. The zero-order chi connectivity index (χ0) is 22.9. The van der Waals surface area contributed by atoms with Crippen LogP contribution >= 0.6 is 0 Å². The molecule has 1 amide bonds. The van der Waals surface area contributed by atoms with Crippen LogP contribution in [0, 0.1) is 11.7 Å². The molecule has 0 atom stereocenters. The van der Waals surface area contributed by atoms with Crippen LogP contribution in [0.3, 0.4) is 0 Å². The van der Waals surface area contributed by atoms with E-state index >= 15 is 0 Å². The molecule has 0 unspecified atom stereocenters. The van der Waals surface area contributed by atoms with Crippen molar-refractivity contribution in [3.05, 3.63) is 66.7 Å². The highest BCUT2D eigenvalue weighted by Crippen LogP contribution is 2.38. The third-order valence-electron chi connectivity index (χ3n) is 5.86. The number of carbonyl (C=O) groups is 1. The van der Waals surface area contributed by atoms with Crippen LogP contribution in [0.4, 0.5) is 10.2 Å². The molecule has 0 bridgehead atoms. The molecule has 0 spiro atoms. The molecule has 8 heteroatoms. The highest BCUT2D eigenvalue weighted by atomic mass is 19.1. The van der Waals surface area contributed by atoms with Crippen molar-refractivity contribution >= 4 is 22.6 Å². The number of rotatable bonds is 5. The molecule has 4 aromatic rings. The Labute approximate surface area is 190 Å². The first kappa shape index (κ1) is 20.8. The van der Waals surface area contributed by atoms with Crippen LogP contribution in [0.2, 0.25) is 0 Å². The average Bonchev–Trinajstić information content (AvgIpc) is 2.83. The first-order chi connectivity index (χ1) is 16.1. The zero-order valence-corrected chi connectivity index (χ0v) is 18.2. The van der Waals surface area contributed by atoms with Gasteiger partial charge in [-0.2, -0.15) is 0 Å². The number of nitrogens with one attached hydrogen (secondary N) is 1. The van der Waals surface area contributed by atoms with Gasteiger partial charge in [0.2, 0.25) is 5.91 Å². The summed E-state index contributed by atoms with van der Waals surface area (Å²) in [6.07, 6.45) is 3.41. The summed E-state index contributed by atoms with van der Waals surface area (Å²) in [5.74, 6) is 1.47. The maximum atomic E-state index is 13.5. The lowest BCUT2D eigenvalue weighted by molar-refractivity contribution is -0.125. The summed E-state index contributed by atoms with van der Waals surface area (Å²) in [4.78, 5) is 28.0. The van der Waals surface area contributed by atoms with Gasteiger partial charge in [0.05, 0.1) is 13.0 Å². The second-order valence-electron chi connectivity index (χ2n) is 7.91. The summed E-state index contributed by atoms with van der Waals surface area (Å²) in [5, 5.41) is 3.51. The number of hydrogen-bond acceptors (Lipinski definition) is 6. The van der Waals surface area contributed by atoms with Crippen molar-refractivity contribution in [1.82, 2.24) is 20.3 Å². The van der Waals surface area contributed by atoms with E-state index in [4.69, 9.17) is 14.7 Å². The standard InChI is InChI=1S/C25H22FN5O2/c1-27-25(32)18-13-31(14-18)24-20-10-17(15-5-7-19(26)8-6-15)11-21(33-2)22(20)29-23(30-24)16-4-3-9-28-12-16/h3-12,18H,13-14H2,1-2H3,(H,27,32). The molecular formula is C25H22FN5O2. The van der Waals surface area contributed by atoms with E-state index < -0.39 is 0 Å². The minimum atomic E-state index is -0.294. The monoisotopic (exact) mass is 443 g/mol. The van der Waals surface area contributed by atoms with Crippen molar-refractivity contribution in [3.8, 4) is 28.3 Å². The van der Waals surface area contributed by atoms with E-state index in [0.29, 0.717) is 30.2 Å². The number of halogens is 1. The number of benzene rings is 2. The third-order valence-corrected chi connectivity index (χ3v) is 5.86. The molecule has 1 aliphatic heterocycles. The van der Waals surface area contributed by atoms with E-state index in [-0.39, 0.29) is 17.6 Å². The van der Waals surface area contributed by atoms with Gasteiger partial charge in [0.25, 0.3) is 0 Å². The fraction of sp³-hybridized carbons (Fsp3) is 0.200. The topological polar surface area (TPSA) is 80.2 Å². The van der Waals surface area contributed by atoms with E-state index in [0.717, 1.165) is 27.9 Å². The second-order valence-corrected chi connectivity index (χ2v) is 7.91. The molecule has 33 heavy (non-hydrogen) atoms. The summed E-state index contributed by atoms with van der Waals surface area (Å²) < 4.78 is 19.2. The van der Waals surface area contributed by atoms with Gasteiger partial charge in [0.15, 0.2) is 5.82 Å². The lowest BCUT2D eigenvalue weighted by Crippen LogP contribution is -2.53. The predicted octanol–water partition coefficient (Wildman–Crippen LogP) is 3.69. The van der Waals surface area contributed by atoms with E-state index in [1.54, 1.807) is 38.7 Å². The lowest BCUT2D eigenvalue weighted by Gasteiger charge is -2.39. The Morgan fingerprint density at radius 1 is 1.09 bits per heavy atom. The van der Waals surface area contributed by atoms with Crippen LogP contribution in [0.5, 0.6) is 5.75 Å². The number of methoxy groups -OCH3 is 1. The minimum absolute atomic E-state index is 0.0154. The molecule has 1 aliphatic rings. The number of carbonyl (C=O) groups excluding carboxylic acids is 1. The Kier molecular flexibility index (Phi) is 5.34. The molecular weight excluding hydrogens is 421 g/mol. The quantitative estimate of drug-likeness (QED) is 0.507. The Morgan fingerprint density at radius 3 is 2.55 bits per heavy atom. The fourth-order valence-corrected chi connectivity index (χ4v) is 4.04. The zero-order valence-electron chi connectivity index (χ0n) is 18.2. The molecule has 1 N–H and O–H groups in total. The van der Waals surface area contributed by atoms with Gasteiger partial charge in [-0.3, -0.25) is 9.78 Å². The number of pyridine rings is 1. The summed E-state index contributed by atoms with van der Waals surface area (Å²) in [6.45, 7) is 1.11. The molecule has 0 aliphatic carbocycles. The van der Waals surface area contributed by atoms with Gasteiger partial charge < -0.3 is 15.0 Å². The van der Waals surface area contributed by atoms with Gasteiger partial charge in [-0.1, -0.05) is 12.1 Å². The highest BCUT2D eigenvalue weighted by Gasteiger charge is 2.34. The molecule has 1 fully saturated rings. The SMILES string of the molecule is CNC(=O)C1CN(c2nc(-c3cccnc3)nc3c(OC)cc(-c4ccc(F)cc4)cc23)C1. The average molecular weight is 443 g/mol. The Balaban J connectivity index is 1.69. The van der Waals surface area contributed by atoms with Gasteiger partial charge in [0.1, 0.15) is 22.9 Å². The molecule has 5 rings (SSSR count). The number of ether oxygens (including phenoxy) is 1. The number of anilines is 1. The largest absolute Gasteiger partial charge is 0.494 e. The molecule has 7 nitrogen and oxygen atoms in total. The molecule has 2 aromatic carbocycles. The van der Waals surface area contributed by atoms with E-state index in [1.165, 1.54) is 12.1 Å². The van der Waals surface area contributed by atoms with Crippen LogP contribution in [-0.2, 0) is 4.79 Å². The molecule has 166 valence electrons. The number of fused-ring (bicyclic) bond motifs is 1. The van der Waals surface area contributed by atoms with Crippen LogP contribution in [-0.4, -0.2) is 48.1 Å². The highest BCUT2D eigenvalue weighted by molar-refractivity contribution is 5.99. The Hall–Kier alpha value is -4.07. The smallest absolute Gasteiger partial charge is 0.226 e. The predicted molar refractivity (Wildman–Crippen MR) is 124 cm³/mol. The maximum Gasteiger partial charge on any atom is 0.226 e. The van der Waals surface area contributed by atoms with Gasteiger partial charge in [0, 0.05) is 43.5 Å². The van der Waals surface area contributed by atoms with Gasteiger partial charge in [-0.05, 0) is 47.5 Å². The number of amides is 1. The van der Waals surface area contributed by atoms with Crippen molar-refractivity contribution in [2.75, 3.05) is 32.1 Å². The molecule has 1 saturated heterocycles. The molecule has 2 aromatic heterocycles. The number of nitrogens with zero attached hydrogens (tertiary/aromatic N) is 4. The van der Waals surface area contributed by atoms with Crippen molar-refractivity contribution in [3.63, 3.8) is 0 Å². The lowest BCUT2D eigenvalue weighted by atomic mass is 9.97. The third kappa shape index (κ3) is 3.84. The van der Waals surface area contributed by atoms with Gasteiger partial charge in [-0.25, -0.2) is 14.4 Å². The van der Waals surface area contributed by atoms with E-state index in [2.05, 4.69) is 15.2 Å². The van der Waals surface area contributed by atoms with Crippen LogP contribution in [0.1, 0.15) is 0 Å². The summed E-state index contributed by atoms with van der Waals surface area (Å²) in [7, 11) is 3.24. The van der Waals surface area contributed by atoms with Crippen molar-refractivity contribution < 1.29 is 13.9 Å². The van der Waals surface area contributed by atoms with Gasteiger partial charge >= 0.3 is 0 Å². The van der Waals surface area contributed by atoms with Gasteiger partial charge in [-0.15, -0.1) is 0 Å². The minimum Gasteiger partial charge on any atom is -0.494 e. The summed E-state index contributed by atoms with van der Waals surface area (Å²) in [6, 6.07) is 13.9. The fourth-order valence-electron chi connectivity index (χ4n) is 4.04. The first-order valence-corrected chi connectivity index (χ1v) is 10.6. The van der Waals surface area contributed by atoms with Crippen molar-refractivity contribution in [2.24, 2.45) is 5.92 Å².